The number of fused-ring (bicyclic) bond motifs is 1. The van der Waals surface area contributed by atoms with Crippen molar-refractivity contribution in [3.63, 3.8) is 0 Å². The van der Waals surface area contributed by atoms with Gasteiger partial charge in [0.25, 0.3) is 0 Å². The number of rotatable bonds is 4. The zero-order valence-electron chi connectivity index (χ0n) is 11.9. The summed E-state index contributed by atoms with van der Waals surface area (Å²) in [6.07, 6.45) is 0. The van der Waals surface area contributed by atoms with E-state index in [1.807, 2.05) is 24.3 Å². The van der Waals surface area contributed by atoms with Gasteiger partial charge in [-0.3, -0.25) is 0 Å². The van der Waals surface area contributed by atoms with E-state index in [4.69, 9.17) is 15.2 Å². The first-order chi connectivity index (χ1) is 11.1. The number of carboxylic acid groups (broad SMARTS) is 1. The third-order valence-corrected chi connectivity index (χ3v) is 5.31. The third kappa shape index (κ3) is 3.06. The van der Waals surface area contributed by atoms with Crippen LogP contribution in [-0.2, 0) is 5.75 Å². The molecule has 3 rings (SSSR count). The molecular formula is C15H12N2O4S2. The van der Waals surface area contributed by atoms with Crippen molar-refractivity contribution in [3.05, 3.63) is 34.2 Å². The Morgan fingerprint density at radius 1 is 1.39 bits per heavy atom. The van der Waals surface area contributed by atoms with E-state index in [9.17, 15) is 15.2 Å². The van der Waals surface area contributed by atoms with Crippen molar-refractivity contribution in [1.82, 2.24) is 0 Å². The van der Waals surface area contributed by atoms with Crippen molar-refractivity contribution >= 4 is 34.1 Å². The van der Waals surface area contributed by atoms with Crippen LogP contribution in [0.3, 0.4) is 0 Å². The fourth-order valence-corrected chi connectivity index (χ4v) is 4.11. The summed E-state index contributed by atoms with van der Waals surface area (Å²) < 4.78 is 11.0. The number of thiophene rings is 1. The Morgan fingerprint density at radius 2 is 2.13 bits per heavy atom. The summed E-state index contributed by atoms with van der Waals surface area (Å²) in [5.41, 5.74) is 6.45. The molecular weight excluding hydrogens is 336 g/mol. The number of benzene rings is 1. The second-order valence-corrected chi connectivity index (χ2v) is 6.76. The Balaban J connectivity index is 1.84. The Labute approximate surface area is 140 Å². The Kier molecular flexibility index (Phi) is 4.32. The Morgan fingerprint density at radius 3 is 2.83 bits per heavy atom. The van der Waals surface area contributed by atoms with Crippen LogP contribution in [0.25, 0.3) is 0 Å². The van der Waals surface area contributed by atoms with Gasteiger partial charge in [0, 0.05) is 16.2 Å². The van der Waals surface area contributed by atoms with Crippen molar-refractivity contribution in [3.8, 4) is 17.6 Å². The minimum absolute atomic E-state index is 0.115. The van der Waals surface area contributed by atoms with Gasteiger partial charge in [0.05, 0.1) is 5.56 Å². The molecule has 2 heterocycles. The van der Waals surface area contributed by atoms with Gasteiger partial charge in [-0.1, -0.05) is 0 Å². The van der Waals surface area contributed by atoms with E-state index in [0.29, 0.717) is 36.0 Å². The van der Waals surface area contributed by atoms with E-state index in [2.05, 4.69) is 0 Å². The summed E-state index contributed by atoms with van der Waals surface area (Å²) in [7, 11) is 0. The molecule has 1 aromatic heterocycles. The second kappa shape index (κ2) is 6.40. The van der Waals surface area contributed by atoms with E-state index < -0.39 is 5.97 Å². The molecule has 1 aromatic carbocycles. The van der Waals surface area contributed by atoms with Crippen molar-refractivity contribution in [2.45, 2.75) is 10.6 Å². The number of carboxylic acids is 1. The van der Waals surface area contributed by atoms with Crippen molar-refractivity contribution in [2.75, 3.05) is 18.9 Å². The normalized spacial score (nSPS) is 12.7. The molecule has 0 aliphatic carbocycles. The predicted octanol–water partition coefficient (Wildman–Crippen LogP) is 2.96. The molecule has 0 atom stereocenters. The number of nitrogen functional groups attached to an aromatic ring is 1. The van der Waals surface area contributed by atoms with Crippen molar-refractivity contribution in [2.24, 2.45) is 0 Å². The van der Waals surface area contributed by atoms with E-state index in [1.165, 1.54) is 11.8 Å². The maximum Gasteiger partial charge on any atom is 0.346 e. The smallest absolute Gasteiger partial charge is 0.346 e. The number of aromatic carboxylic acids is 1. The monoisotopic (exact) mass is 348 g/mol. The highest BCUT2D eigenvalue weighted by atomic mass is 32.2. The van der Waals surface area contributed by atoms with E-state index in [-0.39, 0.29) is 15.4 Å². The van der Waals surface area contributed by atoms with Gasteiger partial charge in [0.2, 0.25) is 0 Å². The average Bonchev–Trinajstić information content (AvgIpc) is 2.88. The molecule has 1 aliphatic heterocycles. The molecule has 0 bridgehead atoms. The summed E-state index contributed by atoms with van der Waals surface area (Å²) in [6, 6.07) is 7.53. The molecule has 0 saturated carbocycles. The van der Waals surface area contributed by atoms with Crippen LogP contribution in [0.1, 0.15) is 20.8 Å². The molecule has 1 aliphatic rings. The molecule has 8 heteroatoms. The standard InChI is InChI=1S/C15H12N2O4S2/c16-6-9-10(13(15(18)19)23-14(9)17)7-22-8-1-2-11-12(5-8)21-4-3-20-11/h1-2,5H,3-4,7,17H2,(H,18,19). The molecule has 0 amide bonds. The number of anilines is 1. The lowest BCUT2D eigenvalue weighted by molar-refractivity contribution is 0.0701. The highest BCUT2D eigenvalue weighted by Gasteiger charge is 2.21. The highest BCUT2D eigenvalue weighted by molar-refractivity contribution is 7.98. The van der Waals surface area contributed by atoms with Crippen LogP contribution >= 0.6 is 23.1 Å². The van der Waals surface area contributed by atoms with Gasteiger partial charge in [-0.15, -0.1) is 23.1 Å². The van der Waals surface area contributed by atoms with E-state index >= 15 is 0 Å². The number of carbonyl (C=O) groups is 1. The van der Waals surface area contributed by atoms with Crippen LogP contribution in [0, 0.1) is 11.3 Å². The SMILES string of the molecule is N#Cc1c(N)sc(C(=O)O)c1CSc1ccc2c(c1)OCCO2. The van der Waals surface area contributed by atoms with Crippen LogP contribution in [0.15, 0.2) is 23.1 Å². The fraction of sp³-hybridized carbons (Fsp3) is 0.200. The van der Waals surface area contributed by atoms with Crippen LogP contribution in [0.2, 0.25) is 0 Å². The number of ether oxygens (including phenoxy) is 2. The van der Waals surface area contributed by atoms with Gasteiger partial charge in [-0.2, -0.15) is 5.26 Å². The molecule has 0 radical (unpaired) electrons. The lowest BCUT2D eigenvalue weighted by Crippen LogP contribution is -2.15. The topological polar surface area (TPSA) is 106 Å². The predicted molar refractivity (Wildman–Crippen MR) is 87.4 cm³/mol. The molecule has 118 valence electrons. The van der Waals surface area contributed by atoms with Crippen LogP contribution in [0.5, 0.6) is 11.5 Å². The maximum absolute atomic E-state index is 11.3. The zero-order valence-corrected chi connectivity index (χ0v) is 13.5. The molecule has 6 nitrogen and oxygen atoms in total. The second-order valence-electron chi connectivity index (χ2n) is 4.66. The fourth-order valence-electron chi connectivity index (χ4n) is 2.19. The lowest BCUT2D eigenvalue weighted by atomic mass is 10.2. The quantitative estimate of drug-likeness (QED) is 0.818. The minimum atomic E-state index is -1.07. The third-order valence-electron chi connectivity index (χ3n) is 3.24. The first kappa shape index (κ1) is 15.5. The Bertz CT molecular complexity index is 811. The number of hydrogen-bond acceptors (Lipinski definition) is 7. The molecule has 0 fully saturated rings. The molecule has 23 heavy (non-hydrogen) atoms. The highest BCUT2D eigenvalue weighted by Crippen LogP contribution is 2.38. The first-order valence-corrected chi connectivity index (χ1v) is 8.47. The zero-order chi connectivity index (χ0) is 16.4. The summed E-state index contributed by atoms with van der Waals surface area (Å²) in [4.78, 5) is 12.3. The number of nitrogens with two attached hydrogens (primary N) is 1. The summed E-state index contributed by atoms with van der Waals surface area (Å²) in [6.45, 7) is 1.03. The molecule has 0 spiro atoms. The van der Waals surface area contributed by atoms with E-state index in [0.717, 1.165) is 16.2 Å². The lowest BCUT2D eigenvalue weighted by Gasteiger charge is -2.18. The largest absolute Gasteiger partial charge is 0.486 e. The molecule has 2 aromatic rings. The number of thioether (sulfide) groups is 1. The van der Waals surface area contributed by atoms with Gasteiger partial charge in [-0.05, 0) is 18.2 Å². The molecule has 0 saturated heterocycles. The van der Waals surface area contributed by atoms with Crippen molar-refractivity contribution < 1.29 is 19.4 Å². The summed E-state index contributed by atoms with van der Waals surface area (Å²) in [5.74, 6) is 0.646. The minimum Gasteiger partial charge on any atom is -0.486 e. The number of nitriles is 1. The van der Waals surface area contributed by atoms with Gasteiger partial charge < -0.3 is 20.3 Å². The molecule has 0 unspecified atom stereocenters. The van der Waals surface area contributed by atoms with Crippen LogP contribution in [-0.4, -0.2) is 24.3 Å². The van der Waals surface area contributed by atoms with Gasteiger partial charge in [0.1, 0.15) is 29.2 Å². The molecule has 3 N–H and O–H groups in total. The first-order valence-electron chi connectivity index (χ1n) is 6.67. The van der Waals surface area contributed by atoms with Gasteiger partial charge in [-0.25, -0.2) is 4.79 Å². The maximum atomic E-state index is 11.3. The van der Waals surface area contributed by atoms with E-state index in [1.54, 1.807) is 0 Å². The van der Waals surface area contributed by atoms with Gasteiger partial charge in [0.15, 0.2) is 11.5 Å². The van der Waals surface area contributed by atoms with Crippen LogP contribution < -0.4 is 15.2 Å². The van der Waals surface area contributed by atoms with Crippen molar-refractivity contribution in [1.29, 1.82) is 5.26 Å². The average molecular weight is 348 g/mol. The summed E-state index contributed by atoms with van der Waals surface area (Å²) >= 11 is 2.35. The summed E-state index contributed by atoms with van der Waals surface area (Å²) in [5, 5.41) is 18.7. The number of nitrogens with zero attached hydrogens (tertiary/aromatic N) is 1. The Hall–Kier alpha value is -2.37. The number of hydrogen-bond donors (Lipinski definition) is 2. The van der Waals surface area contributed by atoms with Crippen LogP contribution in [0.4, 0.5) is 5.00 Å². The van der Waals surface area contributed by atoms with Gasteiger partial charge >= 0.3 is 5.97 Å².